The molecule has 8 heteroatoms. The highest BCUT2D eigenvalue weighted by Gasteiger charge is 2.31. The topological polar surface area (TPSA) is 95.2 Å². The number of anilines is 1. The van der Waals surface area contributed by atoms with Gasteiger partial charge in [-0.25, -0.2) is 8.42 Å². The van der Waals surface area contributed by atoms with Crippen molar-refractivity contribution in [3.63, 3.8) is 0 Å². The molecular formula is C15H18N4O3S. The number of aromatic nitrogens is 2. The summed E-state index contributed by atoms with van der Waals surface area (Å²) >= 11 is 0. The third kappa shape index (κ3) is 3.13. The fraction of sp³-hybridized carbons (Fsp3) is 0.333. The summed E-state index contributed by atoms with van der Waals surface area (Å²) in [5.41, 5.74) is 2.29. The standard InChI is InChI=1S/C15H18N4O3S/c1-10(11-6-4-3-5-7-11)15(20)16-14-12-8-19(23(2,21)22)9-13(12)17-18-14/h3-7,10H,8-9H2,1-2H3,(H2,16,17,18,20). The number of sulfonamides is 1. The Bertz CT molecular complexity index is 830. The van der Waals surface area contributed by atoms with Gasteiger partial charge in [0.1, 0.15) is 5.82 Å². The molecule has 0 radical (unpaired) electrons. The van der Waals surface area contributed by atoms with Crippen molar-refractivity contribution in [1.82, 2.24) is 14.5 Å². The molecule has 23 heavy (non-hydrogen) atoms. The Labute approximate surface area is 134 Å². The molecule has 1 unspecified atom stereocenters. The van der Waals surface area contributed by atoms with Crippen LogP contribution in [0, 0.1) is 0 Å². The number of nitrogens with zero attached hydrogens (tertiary/aromatic N) is 2. The van der Waals surface area contributed by atoms with Crippen molar-refractivity contribution in [3.05, 3.63) is 47.2 Å². The number of benzene rings is 1. The number of fused-ring (bicyclic) bond motifs is 1. The molecule has 1 aliphatic rings. The summed E-state index contributed by atoms with van der Waals surface area (Å²) in [5, 5.41) is 9.70. The number of rotatable bonds is 4. The molecule has 2 heterocycles. The van der Waals surface area contributed by atoms with Crippen molar-refractivity contribution < 1.29 is 13.2 Å². The molecule has 0 aliphatic carbocycles. The van der Waals surface area contributed by atoms with E-state index in [-0.39, 0.29) is 24.9 Å². The molecule has 2 N–H and O–H groups in total. The van der Waals surface area contributed by atoms with Gasteiger partial charge in [-0.3, -0.25) is 9.89 Å². The van der Waals surface area contributed by atoms with Crippen LogP contribution in [0.25, 0.3) is 0 Å². The van der Waals surface area contributed by atoms with Crippen LogP contribution in [0.1, 0.15) is 29.7 Å². The highest BCUT2D eigenvalue weighted by atomic mass is 32.2. The second-order valence-corrected chi connectivity index (χ2v) is 7.66. The van der Waals surface area contributed by atoms with Crippen molar-refractivity contribution in [3.8, 4) is 0 Å². The molecule has 1 aliphatic heterocycles. The van der Waals surface area contributed by atoms with E-state index in [0.29, 0.717) is 11.5 Å². The van der Waals surface area contributed by atoms with Gasteiger partial charge in [0.15, 0.2) is 0 Å². The first kappa shape index (κ1) is 15.7. The fourth-order valence-corrected chi connectivity index (χ4v) is 3.29. The van der Waals surface area contributed by atoms with Gasteiger partial charge in [0, 0.05) is 12.1 Å². The molecule has 0 bridgehead atoms. The zero-order chi connectivity index (χ0) is 16.6. The Morgan fingerprint density at radius 3 is 2.65 bits per heavy atom. The summed E-state index contributed by atoms with van der Waals surface area (Å²) in [5.74, 6) is -0.0121. The van der Waals surface area contributed by atoms with E-state index in [1.807, 2.05) is 37.3 Å². The molecule has 1 atom stereocenters. The van der Waals surface area contributed by atoms with E-state index >= 15 is 0 Å². The van der Waals surface area contributed by atoms with Crippen LogP contribution >= 0.6 is 0 Å². The Morgan fingerprint density at radius 1 is 1.30 bits per heavy atom. The molecule has 0 fully saturated rings. The largest absolute Gasteiger partial charge is 0.310 e. The van der Waals surface area contributed by atoms with Crippen LogP contribution in [0.2, 0.25) is 0 Å². The lowest BCUT2D eigenvalue weighted by Crippen LogP contribution is -2.25. The maximum Gasteiger partial charge on any atom is 0.232 e. The SMILES string of the molecule is CC(C(=O)Nc1[nH]nc2c1CN(S(C)(=O)=O)C2)c1ccccc1. The van der Waals surface area contributed by atoms with Crippen LogP contribution in [-0.4, -0.2) is 35.1 Å². The summed E-state index contributed by atoms with van der Waals surface area (Å²) in [6.45, 7) is 2.28. The van der Waals surface area contributed by atoms with E-state index in [1.54, 1.807) is 0 Å². The first-order valence-corrected chi connectivity index (χ1v) is 9.08. The van der Waals surface area contributed by atoms with Gasteiger partial charge < -0.3 is 5.32 Å². The summed E-state index contributed by atoms with van der Waals surface area (Å²) in [7, 11) is -3.28. The number of amides is 1. The smallest absolute Gasteiger partial charge is 0.232 e. The second-order valence-electron chi connectivity index (χ2n) is 5.68. The minimum absolute atomic E-state index is 0.166. The molecule has 2 aromatic rings. The quantitative estimate of drug-likeness (QED) is 0.884. The zero-order valence-corrected chi connectivity index (χ0v) is 13.7. The molecular weight excluding hydrogens is 316 g/mol. The monoisotopic (exact) mass is 334 g/mol. The van der Waals surface area contributed by atoms with E-state index < -0.39 is 10.0 Å². The third-order valence-electron chi connectivity index (χ3n) is 4.02. The fourth-order valence-electron chi connectivity index (χ4n) is 2.57. The van der Waals surface area contributed by atoms with E-state index in [4.69, 9.17) is 0 Å². The Balaban J connectivity index is 1.75. The first-order valence-electron chi connectivity index (χ1n) is 7.23. The van der Waals surface area contributed by atoms with Gasteiger partial charge in [0.05, 0.1) is 24.4 Å². The molecule has 7 nitrogen and oxygen atoms in total. The van der Waals surface area contributed by atoms with Gasteiger partial charge >= 0.3 is 0 Å². The number of hydrogen-bond acceptors (Lipinski definition) is 4. The van der Waals surface area contributed by atoms with Crippen molar-refractivity contribution in [1.29, 1.82) is 0 Å². The van der Waals surface area contributed by atoms with Crippen LogP contribution < -0.4 is 5.32 Å². The van der Waals surface area contributed by atoms with Crippen LogP contribution in [0.15, 0.2) is 30.3 Å². The number of nitrogens with one attached hydrogen (secondary N) is 2. The van der Waals surface area contributed by atoms with Crippen molar-refractivity contribution in [2.24, 2.45) is 0 Å². The van der Waals surface area contributed by atoms with Crippen LogP contribution in [0.3, 0.4) is 0 Å². The van der Waals surface area contributed by atoms with Crippen molar-refractivity contribution in [2.45, 2.75) is 25.9 Å². The molecule has 1 amide bonds. The molecule has 122 valence electrons. The predicted molar refractivity (Wildman–Crippen MR) is 86.2 cm³/mol. The number of aromatic amines is 1. The van der Waals surface area contributed by atoms with Gasteiger partial charge in [0.2, 0.25) is 15.9 Å². The zero-order valence-electron chi connectivity index (χ0n) is 12.9. The highest BCUT2D eigenvalue weighted by Crippen LogP contribution is 2.29. The molecule has 1 aromatic heterocycles. The minimum atomic E-state index is -3.28. The minimum Gasteiger partial charge on any atom is -0.310 e. The Hall–Kier alpha value is -2.19. The molecule has 3 rings (SSSR count). The first-order chi connectivity index (χ1) is 10.9. The molecule has 0 saturated heterocycles. The van der Waals surface area contributed by atoms with E-state index in [2.05, 4.69) is 15.5 Å². The van der Waals surface area contributed by atoms with Crippen LogP contribution in [-0.2, 0) is 27.9 Å². The third-order valence-corrected chi connectivity index (χ3v) is 5.22. The number of carbonyl (C=O) groups excluding carboxylic acids is 1. The summed E-state index contributed by atoms with van der Waals surface area (Å²) in [4.78, 5) is 12.4. The van der Waals surface area contributed by atoms with Gasteiger partial charge in [-0.1, -0.05) is 30.3 Å². The van der Waals surface area contributed by atoms with Crippen LogP contribution in [0.5, 0.6) is 0 Å². The number of carbonyl (C=O) groups is 1. The summed E-state index contributed by atoms with van der Waals surface area (Å²) < 4.78 is 24.6. The van der Waals surface area contributed by atoms with Crippen LogP contribution in [0.4, 0.5) is 5.82 Å². The lowest BCUT2D eigenvalue weighted by atomic mass is 10.0. The molecule has 0 saturated carbocycles. The van der Waals surface area contributed by atoms with E-state index in [9.17, 15) is 13.2 Å². The van der Waals surface area contributed by atoms with Gasteiger partial charge in [-0.2, -0.15) is 9.40 Å². The average molecular weight is 334 g/mol. The van der Waals surface area contributed by atoms with Gasteiger partial charge in [-0.15, -0.1) is 0 Å². The van der Waals surface area contributed by atoms with Crippen molar-refractivity contribution in [2.75, 3.05) is 11.6 Å². The molecule has 1 aromatic carbocycles. The van der Waals surface area contributed by atoms with E-state index in [1.165, 1.54) is 10.6 Å². The van der Waals surface area contributed by atoms with E-state index in [0.717, 1.165) is 11.1 Å². The maximum absolute atomic E-state index is 12.4. The maximum atomic E-state index is 12.4. The lowest BCUT2D eigenvalue weighted by molar-refractivity contribution is -0.117. The molecule has 0 spiro atoms. The highest BCUT2D eigenvalue weighted by molar-refractivity contribution is 7.88. The average Bonchev–Trinajstić information content (AvgIpc) is 3.09. The number of H-pyrrole nitrogens is 1. The Morgan fingerprint density at radius 2 is 2.00 bits per heavy atom. The van der Waals surface area contributed by atoms with Gasteiger partial charge in [0.25, 0.3) is 0 Å². The summed E-state index contributed by atoms with van der Waals surface area (Å²) in [6.07, 6.45) is 1.17. The lowest BCUT2D eigenvalue weighted by Gasteiger charge is -2.14. The van der Waals surface area contributed by atoms with Crippen molar-refractivity contribution >= 4 is 21.7 Å². The van der Waals surface area contributed by atoms with Gasteiger partial charge in [-0.05, 0) is 12.5 Å². The normalized spacial score (nSPS) is 16.1. The second kappa shape index (κ2) is 5.78. The predicted octanol–water partition coefficient (Wildman–Crippen LogP) is 1.43. The number of hydrogen-bond donors (Lipinski definition) is 2. The Kier molecular flexibility index (Phi) is 3.95. The summed E-state index contributed by atoms with van der Waals surface area (Å²) in [6, 6.07) is 9.46.